The van der Waals surface area contributed by atoms with Crippen LogP contribution in [0.25, 0.3) is 17.0 Å². The van der Waals surface area contributed by atoms with Crippen molar-refractivity contribution in [1.82, 2.24) is 5.32 Å². The van der Waals surface area contributed by atoms with E-state index in [2.05, 4.69) is 17.2 Å². The van der Waals surface area contributed by atoms with Crippen molar-refractivity contribution in [3.63, 3.8) is 0 Å². The van der Waals surface area contributed by atoms with E-state index in [1.807, 2.05) is 12.1 Å². The van der Waals surface area contributed by atoms with Crippen LogP contribution in [0, 0.1) is 45.8 Å². The molecule has 2 aromatic rings. The van der Waals surface area contributed by atoms with Crippen LogP contribution in [0.15, 0.2) is 56.0 Å². The van der Waals surface area contributed by atoms with E-state index in [0.717, 1.165) is 29.5 Å². The SMILES string of the molecule is CC1(C)OC(=C(C#N)C#N)C(C#N)=C1/C=C/c1cc2cc3c(cc2oc1=O)C#CCCNC3. The lowest BCUT2D eigenvalue weighted by Crippen LogP contribution is -2.20. The Balaban J connectivity index is 1.81. The first-order chi connectivity index (χ1) is 15.9. The Morgan fingerprint density at radius 1 is 1.18 bits per heavy atom. The van der Waals surface area contributed by atoms with Gasteiger partial charge in [-0.15, -0.1) is 0 Å². The third-order valence-electron chi connectivity index (χ3n) is 5.44. The Morgan fingerprint density at radius 2 is 1.97 bits per heavy atom. The molecule has 7 nitrogen and oxygen atoms in total. The molecule has 2 aliphatic rings. The van der Waals surface area contributed by atoms with Crippen molar-refractivity contribution in [1.29, 1.82) is 15.8 Å². The molecule has 0 radical (unpaired) electrons. The largest absolute Gasteiger partial charge is 0.480 e. The minimum absolute atomic E-state index is 0.0510. The van der Waals surface area contributed by atoms with Gasteiger partial charge in [0.05, 0.1) is 5.56 Å². The highest BCUT2D eigenvalue weighted by atomic mass is 16.5. The zero-order valence-corrected chi connectivity index (χ0v) is 18.1. The van der Waals surface area contributed by atoms with Gasteiger partial charge in [0.15, 0.2) is 11.3 Å². The molecule has 0 atom stereocenters. The number of nitrogens with zero attached hydrogens (tertiary/aromatic N) is 3. The molecule has 33 heavy (non-hydrogen) atoms. The average molecular weight is 434 g/mol. The van der Waals surface area contributed by atoms with Crippen molar-refractivity contribution in [2.75, 3.05) is 6.54 Å². The molecule has 4 rings (SSSR count). The molecule has 1 aromatic heterocycles. The minimum Gasteiger partial charge on any atom is -0.480 e. The zero-order chi connectivity index (χ0) is 23.6. The number of hydrogen-bond donors (Lipinski definition) is 1. The Kier molecular flexibility index (Phi) is 5.60. The summed E-state index contributed by atoms with van der Waals surface area (Å²) in [5, 5.41) is 32.1. The molecule has 0 saturated carbocycles. The minimum atomic E-state index is -0.965. The second-order valence-corrected chi connectivity index (χ2v) is 8.04. The number of ether oxygens (including phenoxy) is 1. The quantitative estimate of drug-likeness (QED) is 0.435. The standard InChI is InChI=1S/C26H18N4O3/c1-26(2)22(21(14-29)24(33-26)20(12-27)13-28)7-6-17-9-18-10-19-15-30-8-4-3-5-16(19)11-23(18)32-25(17)31/h6-7,9-11,30H,4,8,15H2,1-2H3/b7-6+. The van der Waals surface area contributed by atoms with Crippen LogP contribution in [0.4, 0.5) is 0 Å². The van der Waals surface area contributed by atoms with E-state index in [-0.39, 0.29) is 16.9 Å². The van der Waals surface area contributed by atoms with Gasteiger partial charge in [0, 0.05) is 36.0 Å². The Hall–Kier alpha value is -4.56. The van der Waals surface area contributed by atoms with Crippen LogP contribution in [0.3, 0.4) is 0 Å². The molecule has 0 unspecified atom stereocenters. The lowest BCUT2D eigenvalue weighted by molar-refractivity contribution is 0.0954. The maximum absolute atomic E-state index is 12.6. The summed E-state index contributed by atoms with van der Waals surface area (Å²) in [5.41, 5.74) is 1.38. The van der Waals surface area contributed by atoms with Crippen molar-refractivity contribution < 1.29 is 9.15 Å². The maximum Gasteiger partial charge on any atom is 0.343 e. The molecule has 2 aliphatic heterocycles. The van der Waals surface area contributed by atoms with Gasteiger partial charge < -0.3 is 14.5 Å². The summed E-state index contributed by atoms with van der Waals surface area (Å²) in [6.45, 7) is 4.92. The number of benzene rings is 1. The van der Waals surface area contributed by atoms with Crippen LogP contribution in [0.5, 0.6) is 0 Å². The smallest absolute Gasteiger partial charge is 0.343 e. The van der Waals surface area contributed by atoms with Gasteiger partial charge in [-0.1, -0.05) is 17.9 Å². The van der Waals surface area contributed by atoms with Crippen LogP contribution < -0.4 is 10.9 Å². The van der Waals surface area contributed by atoms with E-state index in [1.165, 1.54) is 0 Å². The van der Waals surface area contributed by atoms with Gasteiger partial charge in [-0.25, -0.2) is 4.79 Å². The summed E-state index contributed by atoms with van der Waals surface area (Å²) in [6, 6.07) is 11.0. The summed E-state index contributed by atoms with van der Waals surface area (Å²) in [7, 11) is 0. The third kappa shape index (κ3) is 4.02. The van der Waals surface area contributed by atoms with Crippen LogP contribution >= 0.6 is 0 Å². The number of allylic oxidation sites excluding steroid dienone is 2. The molecule has 1 aromatic carbocycles. The van der Waals surface area contributed by atoms with Gasteiger partial charge in [-0.2, -0.15) is 15.8 Å². The van der Waals surface area contributed by atoms with E-state index in [4.69, 9.17) is 9.15 Å². The fourth-order valence-corrected chi connectivity index (χ4v) is 3.80. The molecule has 0 spiro atoms. The molecule has 1 N–H and O–H groups in total. The van der Waals surface area contributed by atoms with Gasteiger partial charge in [0.2, 0.25) is 0 Å². The summed E-state index contributed by atoms with van der Waals surface area (Å²) in [6.07, 6.45) is 3.91. The number of nitriles is 3. The highest BCUT2D eigenvalue weighted by molar-refractivity contribution is 5.82. The van der Waals surface area contributed by atoms with E-state index >= 15 is 0 Å². The van der Waals surface area contributed by atoms with Crippen LogP contribution in [-0.2, 0) is 11.3 Å². The van der Waals surface area contributed by atoms with Crippen molar-refractivity contribution in [2.45, 2.75) is 32.4 Å². The number of fused-ring (bicyclic) bond motifs is 2. The highest BCUT2D eigenvalue weighted by Gasteiger charge is 2.38. The second kappa shape index (κ2) is 8.52. The van der Waals surface area contributed by atoms with Crippen LogP contribution in [-0.4, -0.2) is 12.1 Å². The molecular formula is C26H18N4O3. The van der Waals surface area contributed by atoms with E-state index in [1.54, 1.807) is 50.3 Å². The van der Waals surface area contributed by atoms with Gasteiger partial charge in [0.25, 0.3) is 0 Å². The maximum atomic E-state index is 12.6. The van der Waals surface area contributed by atoms with Gasteiger partial charge in [-0.3, -0.25) is 0 Å². The predicted octanol–water partition coefficient (Wildman–Crippen LogP) is 3.58. The molecule has 0 aliphatic carbocycles. The first-order valence-electron chi connectivity index (χ1n) is 10.2. The molecule has 0 saturated heterocycles. The normalized spacial score (nSPS) is 16.5. The van der Waals surface area contributed by atoms with E-state index in [9.17, 15) is 20.6 Å². The molecule has 7 heteroatoms. The molecule has 0 amide bonds. The topological polar surface area (TPSA) is 123 Å². The third-order valence-corrected chi connectivity index (χ3v) is 5.44. The Bertz CT molecular complexity index is 1500. The number of nitrogens with one attached hydrogen (secondary N) is 1. The van der Waals surface area contributed by atoms with Gasteiger partial charge in [0.1, 0.15) is 35.0 Å². The molecule has 0 bridgehead atoms. The monoisotopic (exact) mass is 434 g/mol. The first kappa shape index (κ1) is 21.7. The second-order valence-electron chi connectivity index (χ2n) is 8.04. The Labute approximate surface area is 190 Å². The Morgan fingerprint density at radius 3 is 2.70 bits per heavy atom. The summed E-state index contributed by atoms with van der Waals surface area (Å²) in [4.78, 5) is 12.6. The van der Waals surface area contributed by atoms with Gasteiger partial charge in [-0.05, 0) is 43.7 Å². The fraction of sp³-hybridized carbons (Fsp3) is 0.231. The van der Waals surface area contributed by atoms with Crippen molar-refractivity contribution in [2.24, 2.45) is 0 Å². The first-order valence-corrected chi connectivity index (χ1v) is 10.2. The van der Waals surface area contributed by atoms with E-state index in [0.29, 0.717) is 23.3 Å². The van der Waals surface area contributed by atoms with Crippen LogP contribution in [0.2, 0.25) is 0 Å². The molecule has 0 fully saturated rings. The highest BCUT2D eigenvalue weighted by Crippen LogP contribution is 2.40. The zero-order valence-electron chi connectivity index (χ0n) is 18.1. The van der Waals surface area contributed by atoms with E-state index < -0.39 is 11.2 Å². The van der Waals surface area contributed by atoms with Gasteiger partial charge >= 0.3 is 5.63 Å². The number of hydrogen-bond acceptors (Lipinski definition) is 7. The molecular weight excluding hydrogens is 416 g/mol. The fourth-order valence-electron chi connectivity index (χ4n) is 3.80. The van der Waals surface area contributed by atoms with Crippen molar-refractivity contribution >= 4 is 17.0 Å². The number of rotatable bonds is 2. The van der Waals surface area contributed by atoms with Crippen molar-refractivity contribution in [3.05, 3.63) is 73.9 Å². The molecule has 160 valence electrons. The summed E-state index contributed by atoms with van der Waals surface area (Å²) >= 11 is 0. The summed E-state index contributed by atoms with van der Waals surface area (Å²) < 4.78 is 11.3. The predicted molar refractivity (Wildman–Crippen MR) is 121 cm³/mol. The van der Waals surface area contributed by atoms with Crippen molar-refractivity contribution in [3.8, 4) is 30.0 Å². The van der Waals surface area contributed by atoms with Crippen LogP contribution in [0.1, 0.15) is 37.0 Å². The average Bonchev–Trinajstić information content (AvgIpc) is 3.03. The lowest BCUT2D eigenvalue weighted by atomic mass is 9.94. The lowest BCUT2D eigenvalue weighted by Gasteiger charge is -2.20. The molecule has 3 heterocycles. The summed E-state index contributed by atoms with van der Waals surface area (Å²) in [5.74, 6) is 6.17.